The molecule has 2 fully saturated rings. The number of halogens is 4. The number of nitrogens with zero attached hydrogens (tertiary/aromatic N) is 4. The molecule has 2 saturated heterocycles. The maximum atomic E-state index is 13.4. The highest BCUT2D eigenvalue weighted by atomic mass is 35.5. The van der Waals surface area contributed by atoms with Crippen molar-refractivity contribution in [3.05, 3.63) is 93.1 Å². The van der Waals surface area contributed by atoms with Gasteiger partial charge < -0.3 is 10.2 Å². The number of likely N-dealkylation sites (tertiary alicyclic amines) is 1. The molecule has 10 heteroatoms. The second-order valence-corrected chi connectivity index (χ2v) is 11.0. The number of anilines is 1. The molecule has 1 amide bonds. The van der Waals surface area contributed by atoms with Crippen LogP contribution in [0.5, 0.6) is 0 Å². The smallest absolute Gasteiger partial charge is 0.253 e. The van der Waals surface area contributed by atoms with Crippen LogP contribution in [0.3, 0.4) is 0 Å². The Morgan fingerprint density at radius 3 is 2.28 bits per heavy atom. The number of piperidine rings is 1. The first-order chi connectivity index (χ1) is 18.9. The van der Waals surface area contributed by atoms with E-state index in [0.717, 1.165) is 75.8 Å². The summed E-state index contributed by atoms with van der Waals surface area (Å²) in [4.78, 5) is 24.3. The number of hydrogen-bond acceptors (Lipinski definition) is 5. The van der Waals surface area contributed by atoms with Crippen molar-refractivity contribution in [2.75, 3.05) is 44.2 Å². The van der Waals surface area contributed by atoms with E-state index in [-0.39, 0.29) is 13.9 Å². The average Bonchev–Trinajstić information content (AvgIpc) is 2.95. The highest BCUT2D eigenvalue weighted by Gasteiger charge is 2.28. The number of amides is 1. The van der Waals surface area contributed by atoms with E-state index in [1.54, 1.807) is 6.07 Å². The van der Waals surface area contributed by atoms with Crippen molar-refractivity contribution in [1.82, 2.24) is 20.1 Å². The molecule has 6 nitrogen and oxygen atoms in total. The van der Waals surface area contributed by atoms with Crippen molar-refractivity contribution in [2.45, 2.75) is 32.0 Å². The quantitative estimate of drug-likeness (QED) is 0.395. The van der Waals surface area contributed by atoms with Crippen LogP contribution < -0.4 is 10.2 Å². The largest absolute Gasteiger partial charge is 0.353 e. The van der Waals surface area contributed by atoms with Gasteiger partial charge in [-0.15, -0.1) is 0 Å². The number of rotatable bonds is 7. The summed E-state index contributed by atoms with van der Waals surface area (Å²) in [7, 11) is 0. The molecule has 0 radical (unpaired) electrons. The van der Waals surface area contributed by atoms with Gasteiger partial charge in [-0.1, -0.05) is 41.4 Å². The third kappa shape index (κ3) is 7.06. The molecule has 5 rings (SSSR count). The topological polar surface area (TPSA) is 51.7 Å². The summed E-state index contributed by atoms with van der Waals surface area (Å²) < 4.78 is 26.5. The minimum Gasteiger partial charge on any atom is -0.353 e. The number of pyridine rings is 1. The molecule has 208 valence electrons. The zero-order valence-corrected chi connectivity index (χ0v) is 23.1. The Hall–Kier alpha value is -2.78. The van der Waals surface area contributed by atoms with Crippen molar-refractivity contribution in [2.24, 2.45) is 0 Å². The number of hydrogen-bond donors (Lipinski definition) is 1. The number of carbonyl (C=O) groups excluding carboxylic acids is 1. The van der Waals surface area contributed by atoms with Gasteiger partial charge >= 0.3 is 0 Å². The maximum absolute atomic E-state index is 13.4. The summed E-state index contributed by atoms with van der Waals surface area (Å²) in [5.74, 6) is -1.58. The van der Waals surface area contributed by atoms with Gasteiger partial charge in [-0.2, -0.15) is 0 Å². The predicted octanol–water partition coefficient (Wildman–Crippen LogP) is 5.63. The molecule has 0 saturated carbocycles. The van der Waals surface area contributed by atoms with Crippen LogP contribution in [0.25, 0.3) is 0 Å². The molecule has 2 aliphatic rings. The van der Waals surface area contributed by atoms with E-state index in [1.165, 1.54) is 17.8 Å². The Balaban J connectivity index is 0.00000370. The first kappa shape index (κ1) is 27.8. The second-order valence-electron chi connectivity index (χ2n) is 10.1. The fourth-order valence-corrected chi connectivity index (χ4v) is 5.72. The van der Waals surface area contributed by atoms with Crippen LogP contribution in [-0.2, 0) is 13.1 Å². The molecule has 1 aromatic heterocycles. The Bertz CT molecular complexity index is 1300. The lowest BCUT2D eigenvalue weighted by Gasteiger charge is -2.43. The third-order valence-electron chi connectivity index (χ3n) is 7.53. The summed E-state index contributed by atoms with van der Waals surface area (Å²) in [5.41, 5.74) is 2.07. The van der Waals surface area contributed by atoms with E-state index < -0.39 is 11.6 Å². The van der Waals surface area contributed by atoms with Gasteiger partial charge in [-0.25, -0.2) is 13.8 Å². The summed E-state index contributed by atoms with van der Waals surface area (Å²) in [6.07, 6.45) is 3.81. The van der Waals surface area contributed by atoms with E-state index in [9.17, 15) is 13.6 Å². The molecule has 1 N–H and O–H groups in total. The molecule has 0 atom stereocenters. The Morgan fingerprint density at radius 2 is 1.62 bits per heavy atom. The Morgan fingerprint density at radius 1 is 0.923 bits per heavy atom. The second kappa shape index (κ2) is 12.6. The molecular formula is C29H33Cl2F2N5O. The molecular weight excluding hydrogens is 543 g/mol. The van der Waals surface area contributed by atoms with Gasteiger partial charge in [-0.3, -0.25) is 14.6 Å². The fourth-order valence-electron chi connectivity index (χ4n) is 5.31. The van der Waals surface area contributed by atoms with Crippen LogP contribution in [0.4, 0.5) is 14.6 Å². The molecule has 2 aromatic carbocycles. The van der Waals surface area contributed by atoms with Gasteiger partial charge in [0.1, 0.15) is 5.82 Å². The van der Waals surface area contributed by atoms with E-state index in [2.05, 4.69) is 37.1 Å². The summed E-state index contributed by atoms with van der Waals surface area (Å²) >= 11 is 12.5. The number of benzene rings is 2. The number of piperazine rings is 1. The number of aromatic nitrogens is 1. The minimum atomic E-state index is -0.949. The molecule has 0 aliphatic carbocycles. The monoisotopic (exact) mass is 575 g/mol. The molecule has 2 aliphatic heterocycles. The van der Waals surface area contributed by atoms with Crippen LogP contribution in [0.1, 0.15) is 35.8 Å². The lowest BCUT2D eigenvalue weighted by atomic mass is 10.0. The van der Waals surface area contributed by atoms with Crippen LogP contribution >= 0.6 is 23.2 Å². The van der Waals surface area contributed by atoms with Crippen molar-refractivity contribution >= 4 is 34.9 Å². The molecule has 0 unspecified atom stereocenters. The molecule has 3 heterocycles. The molecule has 3 aromatic rings. The fraction of sp³-hybridized carbons (Fsp3) is 0.379. The molecule has 0 spiro atoms. The van der Waals surface area contributed by atoms with Crippen molar-refractivity contribution in [1.29, 1.82) is 0 Å². The van der Waals surface area contributed by atoms with Gasteiger partial charge in [0.2, 0.25) is 0 Å². The van der Waals surface area contributed by atoms with Gasteiger partial charge in [0, 0.05) is 58.0 Å². The lowest BCUT2D eigenvalue weighted by Crippen LogP contribution is -2.53. The summed E-state index contributed by atoms with van der Waals surface area (Å²) in [5, 5.41) is 3.88. The van der Waals surface area contributed by atoms with Gasteiger partial charge in [0.15, 0.2) is 11.6 Å². The predicted molar refractivity (Wildman–Crippen MR) is 152 cm³/mol. The van der Waals surface area contributed by atoms with Gasteiger partial charge in [0.25, 0.3) is 5.91 Å². The standard InChI is InChI=1S/C29H31Cl2F2N5O.H2/c30-23-4-1-20(2-5-23)19-36-9-7-24(8-10-36)37-11-13-38(14-12-37)28-25(31)16-22(18-34-28)29(39)35-17-21-3-6-26(32)27(33)15-21;/h1-6,15-16,18,24H,7-14,17,19H2,(H,35,39);1H. The SMILES string of the molecule is O=C(NCc1ccc(F)c(F)c1)c1cnc(N2CCN(C3CCN(Cc4ccc(Cl)cc4)CC3)CC2)c(Cl)c1.[HH]. The maximum Gasteiger partial charge on any atom is 0.253 e. The number of nitrogens with one attached hydrogen (secondary N) is 1. The van der Waals surface area contributed by atoms with Crippen LogP contribution in [-0.4, -0.2) is 66.0 Å². The number of carbonyl (C=O) groups is 1. The first-order valence-corrected chi connectivity index (χ1v) is 13.9. The van der Waals surface area contributed by atoms with E-state index >= 15 is 0 Å². The van der Waals surface area contributed by atoms with Crippen molar-refractivity contribution < 1.29 is 15.0 Å². The van der Waals surface area contributed by atoms with Gasteiger partial charge in [0.05, 0.1) is 10.6 Å². The molecule has 0 bridgehead atoms. The zero-order valence-electron chi connectivity index (χ0n) is 21.6. The van der Waals surface area contributed by atoms with Crippen molar-refractivity contribution in [3.63, 3.8) is 0 Å². The van der Waals surface area contributed by atoms with E-state index in [4.69, 9.17) is 23.2 Å². The zero-order chi connectivity index (χ0) is 27.4. The van der Waals surface area contributed by atoms with Crippen LogP contribution in [0, 0.1) is 11.6 Å². The third-order valence-corrected chi connectivity index (χ3v) is 8.06. The van der Waals surface area contributed by atoms with Crippen LogP contribution in [0.2, 0.25) is 10.0 Å². The van der Waals surface area contributed by atoms with Crippen LogP contribution in [0.15, 0.2) is 54.7 Å². The molecule has 39 heavy (non-hydrogen) atoms. The van der Waals surface area contributed by atoms with E-state index in [0.29, 0.717) is 28.0 Å². The lowest BCUT2D eigenvalue weighted by molar-refractivity contribution is 0.0950. The summed E-state index contributed by atoms with van der Waals surface area (Å²) in [6.45, 7) is 6.71. The highest BCUT2D eigenvalue weighted by Crippen LogP contribution is 2.27. The highest BCUT2D eigenvalue weighted by molar-refractivity contribution is 6.33. The Labute approximate surface area is 239 Å². The minimum absolute atomic E-state index is 0. The first-order valence-electron chi connectivity index (χ1n) is 13.2. The van der Waals surface area contributed by atoms with Gasteiger partial charge in [-0.05, 0) is 67.4 Å². The average molecular weight is 577 g/mol. The Kier molecular flexibility index (Phi) is 8.97. The van der Waals surface area contributed by atoms with E-state index in [1.807, 2.05) is 12.1 Å². The van der Waals surface area contributed by atoms with Crippen molar-refractivity contribution in [3.8, 4) is 0 Å². The summed E-state index contributed by atoms with van der Waals surface area (Å²) in [6, 6.07) is 13.8. The normalized spacial score (nSPS) is 17.4.